The number of methoxy groups -OCH3 is 1. The number of aromatic nitrogens is 5. The molecule has 9 nitrogen and oxygen atoms in total. The number of hydrogen-bond donors (Lipinski definition) is 4. The minimum Gasteiger partial charge on any atom is -0.504 e. The lowest BCUT2D eigenvalue weighted by Gasteiger charge is -2.07. The molecule has 148 valence electrons. The van der Waals surface area contributed by atoms with E-state index in [9.17, 15) is 9.90 Å². The van der Waals surface area contributed by atoms with Gasteiger partial charge in [0.25, 0.3) is 5.56 Å². The van der Waals surface area contributed by atoms with E-state index in [-0.39, 0.29) is 23.5 Å². The average molecular weight is 402 g/mol. The Balaban J connectivity index is 1.50. The first kappa shape index (κ1) is 19.7. The Hall–Kier alpha value is -3.01. The fraction of sp³-hybridized carbons (Fsp3) is 0.333. The highest BCUT2D eigenvalue weighted by molar-refractivity contribution is 7.98. The minimum atomic E-state index is -0.241. The predicted octanol–water partition coefficient (Wildman–Crippen LogP) is 1.85. The van der Waals surface area contributed by atoms with Crippen molar-refractivity contribution in [1.82, 2.24) is 24.9 Å². The maximum Gasteiger partial charge on any atom is 0.255 e. The van der Waals surface area contributed by atoms with Crippen LogP contribution in [0, 0.1) is 6.92 Å². The molecule has 3 aromatic rings. The summed E-state index contributed by atoms with van der Waals surface area (Å²) in [5.41, 5.74) is 2.91. The van der Waals surface area contributed by atoms with Crippen molar-refractivity contribution in [2.45, 2.75) is 19.1 Å². The summed E-state index contributed by atoms with van der Waals surface area (Å²) in [5, 5.41) is 12.9. The zero-order valence-electron chi connectivity index (χ0n) is 15.7. The van der Waals surface area contributed by atoms with Gasteiger partial charge >= 0.3 is 0 Å². The number of thioether (sulfide) groups is 1. The summed E-state index contributed by atoms with van der Waals surface area (Å²) in [4.78, 5) is 30.7. The van der Waals surface area contributed by atoms with Crippen molar-refractivity contribution < 1.29 is 9.84 Å². The van der Waals surface area contributed by atoms with Crippen molar-refractivity contribution in [2.24, 2.45) is 0 Å². The minimum absolute atomic E-state index is 0.0160. The number of imidazole rings is 1. The Kier molecular flexibility index (Phi) is 6.53. The zero-order valence-corrected chi connectivity index (χ0v) is 16.5. The number of H-pyrrole nitrogens is 2. The number of aryl methyl sites for hydroxylation is 1. The summed E-state index contributed by atoms with van der Waals surface area (Å²) < 4.78 is 4.96. The Labute approximate surface area is 166 Å². The second-order valence-electron chi connectivity index (χ2n) is 6.06. The SMILES string of the molecule is COc1cnc(Cc2cnc(NCCSCc3nc[nH]c3C)[nH]c2=O)cc1O. The highest BCUT2D eigenvalue weighted by Gasteiger charge is 2.08. The van der Waals surface area contributed by atoms with Gasteiger partial charge in [-0.1, -0.05) is 0 Å². The molecular formula is C18H22N6O3S. The van der Waals surface area contributed by atoms with Crippen LogP contribution < -0.4 is 15.6 Å². The number of pyridine rings is 1. The van der Waals surface area contributed by atoms with Crippen LogP contribution in [-0.4, -0.2) is 49.4 Å². The highest BCUT2D eigenvalue weighted by atomic mass is 32.2. The molecule has 3 rings (SSSR count). The lowest BCUT2D eigenvalue weighted by atomic mass is 10.1. The standard InChI is InChI=1S/C18H22N6O3S/c1-11-14(23-10-22-11)9-28-4-3-19-18-21-7-12(17(26)24-18)5-13-6-15(25)16(27-2)8-20-13/h6-8,10H,3-5,9H2,1-2H3,(H,20,25)(H,22,23)(H2,19,21,24,26). The highest BCUT2D eigenvalue weighted by Crippen LogP contribution is 2.24. The van der Waals surface area contributed by atoms with E-state index in [0.717, 1.165) is 22.9 Å². The first-order valence-electron chi connectivity index (χ1n) is 8.67. The van der Waals surface area contributed by atoms with E-state index in [1.54, 1.807) is 18.1 Å². The quantitative estimate of drug-likeness (QED) is 0.399. The number of aromatic hydroxyl groups is 1. The van der Waals surface area contributed by atoms with Crippen LogP contribution in [0.15, 0.2) is 29.6 Å². The molecule has 0 spiro atoms. The summed E-state index contributed by atoms with van der Waals surface area (Å²) in [7, 11) is 1.45. The van der Waals surface area contributed by atoms with Crippen LogP contribution in [0.4, 0.5) is 5.95 Å². The molecule has 0 amide bonds. The lowest BCUT2D eigenvalue weighted by molar-refractivity contribution is 0.371. The van der Waals surface area contributed by atoms with Crippen LogP contribution in [0.1, 0.15) is 22.6 Å². The molecule has 0 aliphatic carbocycles. The van der Waals surface area contributed by atoms with Gasteiger partial charge in [0.15, 0.2) is 11.5 Å². The Morgan fingerprint density at radius 2 is 2.14 bits per heavy atom. The number of rotatable bonds is 9. The maximum absolute atomic E-state index is 12.3. The molecule has 0 aliphatic rings. The zero-order chi connectivity index (χ0) is 19.9. The van der Waals surface area contributed by atoms with Gasteiger partial charge < -0.3 is 20.1 Å². The third kappa shape index (κ3) is 5.03. The van der Waals surface area contributed by atoms with E-state index in [4.69, 9.17) is 4.74 Å². The van der Waals surface area contributed by atoms with Crippen LogP contribution in [0.25, 0.3) is 0 Å². The Bertz CT molecular complexity index is 987. The molecular weight excluding hydrogens is 380 g/mol. The molecule has 0 saturated carbocycles. The molecule has 3 heterocycles. The molecule has 0 atom stereocenters. The van der Waals surface area contributed by atoms with Gasteiger partial charge in [0.2, 0.25) is 5.95 Å². The normalized spacial score (nSPS) is 10.8. The second kappa shape index (κ2) is 9.27. The monoisotopic (exact) mass is 402 g/mol. The Morgan fingerprint density at radius 3 is 2.82 bits per heavy atom. The topological polar surface area (TPSA) is 129 Å². The molecule has 0 saturated heterocycles. The van der Waals surface area contributed by atoms with Crippen molar-refractivity contribution in [3.63, 3.8) is 0 Å². The van der Waals surface area contributed by atoms with Gasteiger partial charge in [0.05, 0.1) is 25.3 Å². The van der Waals surface area contributed by atoms with E-state index in [1.807, 2.05) is 6.92 Å². The second-order valence-corrected chi connectivity index (χ2v) is 7.17. The maximum atomic E-state index is 12.3. The van der Waals surface area contributed by atoms with Crippen LogP contribution in [0.2, 0.25) is 0 Å². The summed E-state index contributed by atoms with van der Waals surface area (Å²) in [6, 6.07) is 1.47. The van der Waals surface area contributed by atoms with Gasteiger partial charge in [0.1, 0.15) is 0 Å². The molecule has 0 bridgehead atoms. The van der Waals surface area contributed by atoms with Crippen molar-refractivity contribution in [2.75, 3.05) is 24.7 Å². The van der Waals surface area contributed by atoms with Crippen LogP contribution in [-0.2, 0) is 12.2 Å². The van der Waals surface area contributed by atoms with Crippen molar-refractivity contribution in [1.29, 1.82) is 0 Å². The summed E-state index contributed by atoms with van der Waals surface area (Å²) >= 11 is 1.75. The smallest absolute Gasteiger partial charge is 0.255 e. The fourth-order valence-electron chi connectivity index (χ4n) is 2.50. The largest absolute Gasteiger partial charge is 0.504 e. The van der Waals surface area contributed by atoms with Crippen LogP contribution in [0.3, 0.4) is 0 Å². The van der Waals surface area contributed by atoms with E-state index >= 15 is 0 Å². The predicted molar refractivity (Wildman–Crippen MR) is 108 cm³/mol. The summed E-state index contributed by atoms with van der Waals surface area (Å²) in [5.74, 6) is 2.39. The molecule has 10 heteroatoms. The average Bonchev–Trinajstić information content (AvgIpc) is 3.08. The Morgan fingerprint density at radius 1 is 1.29 bits per heavy atom. The molecule has 0 fully saturated rings. The first-order valence-corrected chi connectivity index (χ1v) is 9.83. The van der Waals surface area contributed by atoms with E-state index in [1.165, 1.54) is 25.6 Å². The van der Waals surface area contributed by atoms with E-state index in [2.05, 4.69) is 30.2 Å². The van der Waals surface area contributed by atoms with Gasteiger partial charge in [-0.3, -0.25) is 14.8 Å². The lowest BCUT2D eigenvalue weighted by Crippen LogP contribution is -2.18. The molecule has 0 aromatic carbocycles. The fourth-order valence-corrected chi connectivity index (χ4v) is 3.38. The molecule has 4 N–H and O–H groups in total. The summed E-state index contributed by atoms with van der Waals surface area (Å²) in [6.45, 7) is 2.67. The molecule has 0 aliphatic heterocycles. The van der Waals surface area contributed by atoms with Crippen LogP contribution >= 0.6 is 11.8 Å². The third-order valence-corrected chi connectivity index (χ3v) is 5.05. The number of hydrogen-bond acceptors (Lipinski definition) is 8. The van der Waals surface area contributed by atoms with Gasteiger partial charge in [0, 0.05) is 53.7 Å². The number of anilines is 1. The number of nitrogens with one attached hydrogen (secondary N) is 3. The molecule has 0 unspecified atom stereocenters. The summed E-state index contributed by atoms with van der Waals surface area (Å²) in [6.07, 6.45) is 4.90. The number of nitrogens with zero attached hydrogens (tertiary/aromatic N) is 3. The van der Waals surface area contributed by atoms with E-state index in [0.29, 0.717) is 23.8 Å². The van der Waals surface area contributed by atoms with Crippen molar-refractivity contribution in [3.05, 3.63) is 57.8 Å². The van der Waals surface area contributed by atoms with Crippen molar-refractivity contribution >= 4 is 17.7 Å². The van der Waals surface area contributed by atoms with Gasteiger partial charge in [-0.05, 0) is 6.92 Å². The molecule has 0 radical (unpaired) electrons. The number of ether oxygens (including phenoxy) is 1. The molecule has 28 heavy (non-hydrogen) atoms. The first-order chi connectivity index (χ1) is 13.6. The van der Waals surface area contributed by atoms with Gasteiger partial charge in [-0.15, -0.1) is 0 Å². The van der Waals surface area contributed by atoms with E-state index < -0.39 is 0 Å². The van der Waals surface area contributed by atoms with Crippen molar-refractivity contribution in [3.8, 4) is 11.5 Å². The van der Waals surface area contributed by atoms with Crippen LogP contribution in [0.5, 0.6) is 11.5 Å². The molecule has 3 aromatic heterocycles. The van der Waals surface area contributed by atoms with Gasteiger partial charge in [-0.2, -0.15) is 11.8 Å². The third-order valence-electron chi connectivity index (χ3n) is 4.08. The number of aromatic amines is 2. The van der Waals surface area contributed by atoms with Gasteiger partial charge in [-0.25, -0.2) is 9.97 Å².